The van der Waals surface area contributed by atoms with Gasteiger partial charge in [-0.2, -0.15) is 11.8 Å². The van der Waals surface area contributed by atoms with Crippen molar-refractivity contribution in [1.82, 2.24) is 5.32 Å². The van der Waals surface area contributed by atoms with E-state index in [1.165, 1.54) is 41.9 Å². The Kier molecular flexibility index (Phi) is 3.30. The van der Waals surface area contributed by atoms with E-state index in [1.54, 1.807) is 0 Å². The number of ether oxygens (including phenoxy) is 1. The van der Waals surface area contributed by atoms with Crippen LogP contribution in [0.5, 0.6) is 0 Å². The van der Waals surface area contributed by atoms with Crippen molar-refractivity contribution in [1.29, 1.82) is 0 Å². The van der Waals surface area contributed by atoms with Crippen LogP contribution in [0, 0.1) is 5.92 Å². The quantitative estimate of drug-likeness (QED) is 0.916. The first-order valence-electron chi connectivity index (χ1n) is 7.45. The third-order valence-electron chi connectivity index (χ3n) is 4.61. The monoisotopic (exact) mass is 275 g/mol. The van der Waals surface area contributed by atoms with Crippen molar-refractivity contribution in [2.45, 2.75) is 43.2 Å². The fourth-order valence-corrected chi connectivity index (χ4v) is 4.57. The van der Waals surface area contributed by atoms with Crippen LogP contribution < -0.4 is 5.32 Å². The van der Waals surface area contributed by atoms with Crippen molar-refractivity contribution in [2.24, 2.45) is 5.92 Å². The van der Waals surface area contributed by atoms with Gasteiger partial charge in [0.1, 0.15) is 0 Å². The molecular formula is C16H21NOS. The summed E-state index contributed by atoms with van der Waals surface area (Å²) in [5.74, 6) is 3.21. The summed E-state index contributed by atoms with van der Waals surface area (Å²) < 4.78 is 5.95. The minimum Gasteiger partial charge on any atom is -0.376 e. The van der Waals surface area contributed by atoms with Gasteiger partial charge in [-0.25, -0.2) is 0 Å². The summed E-state index contributed by atoms with van der Waals surface area (Å²) in [6.45, 7) is 0.945. The van der Waals surface area contributed by atoms with Gasteiger partial charge in [0.25, 0.3) is 0 Å². The molecule has 2 aliphatic heterocycles. The molecule has 2 nitrogen and oxygen atoms in total. The highest BCUT2D eigenvalue weighted by atomic mass is 32.2. The lowest BCUT2D eigenvalue weighted by atomic mass is 9.99. The van der Waals surface area contributed by atoms with E-state index in [0.29, 0.717) is 18.2 Å². The molecule has 4 rings (SSSR count). The number of fused-ring (bicyclic) bond motifs is 1. The summed E-state index contributed by atoms with van der Waals surface area (Å²) in [5.41, 5.74) is 3.03. The highest BCUT2D eigenvalue weighted by molar-refractivity contribution is 7.98. The zero-order valence-electron chi connectivity index (χ0n) is 11.2. The normalized spacial score (nSPS) is 34.2. The van der Waals surface area contributed by atoms with Gasteiger partial charge in [0, 0.05) is 30.2 Å². The van der Waals surface area contributed by atoms with Crippen LogP contribution in [0.1, 0.15) is 36.4 Å². The van der Waals surface area contributed by atoms with Gasteiger partial charge in [0.05, 0.1) is 6.10 Å². The van der Waals surface area contributed by atoms with Crippen molar-refractivity contribution in [2.75, 3.05) is 12.4 Å². The second-order valence-corrected chi connectivity index (χ2v) is 7.03. The first kappa shape index (κ1) is 12.2. The molecule has 1 saturated heterocycles. The molecule has 102 valence electrons. The van der Waals surface area contributed by atoms with Gasteiger partial charge in [0.2, 0.25) is 0 Å². The Morgan fingerprint density at radius 2 is 2.05 bits per heavy atom. The van der Waals surface area contributed by atoms with Gasteiger partial charge in [-0.1, -0.05) is 24.3 Å². The second kappa shape index (κ2) is 5.12. The second-order valence-electron chi connectivity index (χ2n) is 6.00. The van der Waals surface area contributed by atoms with Crippen LogP contribution in [-0.2, 0) is 10.5 Å². The smallest absolute Gasteiger partial charge is 0.0757 e. The molecule has 0 spiro atoms. The molecule has 3 heteroatoms. The Labute approximate surface area is 119 Å². The Bertz CT molecular complexity index is 460. The van der Waals surface area contributed by atoms with Crippen molar-refractivity contribution >= 4 is 11.8 Å². The van der Waals surface area contributed by atoms with Gasteiger partial charge < -0.3 is 10.1 Å². The Morgan fingerprint density at radius 1 is 1.16 bits per heavy atom. The molecular weight excluding hydrogens is 254 g/mol. The van der Waals surface area contributed by atoms with E-state index in [4.69, 9.17) is 4.74 Å². The van der Waals surface area contributed by atoms with E-state index in [9.17, 15) is 0 Å². The predicted octanol–water partition coefficient (Wildman–Crippen LogP) is 3.13. The third-order valence-corrected chi connectivity index (χ3v) is 5.69. The van der Waals surface area contributed by atoms with Crippen LogP contribution in [0.2, 0.25) is 0 Å². The maximum atomic E-state index is 5.95. The number of rotatable bonds is 3. The van der Waals surface area contributed by atoms with Gasteiger partial charge >= 0.3 is 0 Å². The average Bonchev–Trinajstić information content (AvgIpc) is 3.20. The zero-order chi connectivity index (χ0) is 12.7. The van der Waals surface area contributed by atoms with E-state index < -0.39 is 0 Å². The topological polar surface area (TPSA) is 21.3 Å². The van der Waals surface area contributed by atoms with Crippen molar-refractivity contribution < 1.29 is 4.74 Å². The van der Waals surface area contributed by atoms with Gasteiger partial charge in [-0.3, -0.25) is 0 Å². The molecule has 19 heavy (non-hydrogen) atoms. The SMILES string of the molecule is c1ccc2c(c1)CSCC2NC1CCOC1C1CC1. The van der Waals surface area contributed by atoms with E-state index in [-0.39, 0.29) is 0 Å². The van der Waals surface area contributed by atoms with Crippen molar-refractivity contribution in [3.8, 4) is 0 Å². The van der Waals surface area contributed by atoms with Crippen LogP contribution in [-0.4, -0.2) is 24.5 Å². The fourth-order valence-electron chi connectivity index (χ4n) is 3.46. The molecule has 0 aromatic heterocycles. The average molecular weight is 275 g/mol. The molecule has 0 amide bonds. The lowest BCUT2D eigenvalue weighted by Crippen LogP contribution is -2.41. The molecule has 0 bridgehead atoms. The van der Waals surface area contributed by atoms with Crippen LogP contribution in [0.3, 0.4) is 0 Å². The Morgan fingerprint density at radius 3 is 2.95 bits per heavy atom. The third kappa shape index (κ3) is 2.44. The molecule has 1 N–H and O–H groups in total. The minimum absolute atomic E-state index is 0.485. The van der Waals surface area contributed by atoms with E-state index in [0.717, 1.165) is 12.5 Å². The summed E-state index contributed by atoms with van der Waals surface area (Å²) >= 11 is 2.05. The van der Waals surface area contributed by atoms with Gasteiger partial charge in [-0.15, -0.1) is 0 Å². The summed E-state index contributed by atoms with van der Waals surface area (Å²) in [5, 5.41) is 3.90. The molecule has 0 radical (unpaired) electrons. The Hall–Kier alpha value is -0.510. The molecule has 3 atom stereocenters. The van der Waals surface area contributed by atoms with E-state index in [2.05, 4.69) is 41.3 Å². The lowest BCUT2D eigenvalue weighted by Gasteiger charge is -2.30. The predicted molar refractivity (Wildman–Crippen MR) is 79.3 cm³/mol. The molecule has 3 unspecified atom stereocenters. The summed E-state index contributed by atoms with van der Waals surface area (Å²) in [6.07, 6.45) is 4.42. The first-order chi connectivity index (χ1) is 9.42. The first-order valence-corrected chi connectivity index (χ1v) is 8.60. The number of hydrogen-bond donors (Lipinski definition) is 1. The fraction of sp³-hybridized carbons (Fsp3) is 0.625. The lowest BCUT2D eigenvalue weighted by molar-refractivity contribution is 0.0793. The molecule has 1 aromatic carbocycles. The van der Waals surface area contributed by atoms with Crippen LogP contribution in [0.25, 0.3) is 0 Å². The Balaban J connectivity index is 1.51. The van der Waals surface area contributed by atoms with Gasteiger partial charge in [0.15, 0.2) is 0 Å². The number of thioether (sulfide) groups is 1. The molecule has 2 heterocycles. The summed E-state index contributed by atoms with van der Waals surface area (Å²) in [6, 6.07) is 10.0. The summed E-state index contributed by atoms with van der Waals surface area (Å²) in [4.78, 5) is 0. The zero-order valence-corrected chi connectivity index (χ0v) is 12.0. The largest absolute Gasteiger partial charge is 0.376 e. The van der Waals surface area contributed by atoms with E-state index in [1.807, 2.05) is 0 Å². The van der Waals surface area contributed by atoms with Crippen LogP contribution in [0.15, 0.2) is 24.3 Å². The molecule has 3 aliphatic rings. The summed E-state index contributed by atoms with van der Waals surface area (Å²) in [7, 11) is 0. The molecule has 1 aromatic rings. The highest BCUT2D eigenvalue weighted by Gasteiger charge is 2.41. The van der Waals surface area contributed by atoms with Gasteiger partial charge in [-0.05, 0) is 36.3 Å². The van der Waals surface area contributed by atoms with Crippen LogP contribution >= 0.6 is 11.8 Å². The standard InChI is InChI=1S/C16H21NOS/c1-2-4-13-12(3-1)9-19-10-15(13)17-14-7-8-18-16(14)11-5-6-11/h1-4,11,14-17H,5-10H2. The van der Waals surface area contributed by atoms with Crippen LogP contribution in [0.4, 0.5) is 0 Å². The highest BCUT2D eigenvalue weighted by Crippen LogP contribution is 2.40. The molecule has 1 saturated carbocycles. The van der Waals surface area contributed by atoms with Crippen molar-refractivity contribution in [3.63, 3.8) is 0 Å². The maximum Gasteiger partial charge on any atom is 0.0757 e. The molecule has 2 fully saturated rings. The number of benzene rings is 1. The number of hydrogen-bond acceptors (Lipinski definition) is 3. The number of nitrogens with one attached hydrogen (secondary N) is 1. The minimum atomic E-state index is 0.485. The molecule has 1 aliphatic carbocycles. The maximum absolute atomic E-state index is 5.95. The van der Waals surface area contributed by atoms with E-state index >= 15 is 0 Å². The van der Waals surface area contributed by atoms with Crippen molar-refractivity contribution in [3.05, 3.63) is 35.4 Å².